The van der Waals surface area contributed by atoms with Crippen molar-refractivity contribution in [3.63, 3.8) is 0 Å². The summed E-state index contributed by atoms with van der Waals surface area (Å²) in [7, 11) is 0. The average molecular weight is 226 g/mol. The second-order valence-corrected chi connectivity index (χ2v) is 2.82. The van der Waals surface area contributed by atoms with E-state index in [-0.39, 0.29) is 11.1 Å². The number of aromatic carboxylic acids is 1. The zero-order valence-corrected chi connectivity index (χ0v) is 7.99. The first-order valence-electron chi connectivity index (χ1n) is 4.16. The lowest BCUT2D eigenvalue weighted by Crippen LogP contribution is -2.18. The van der Waals surface area contributed by atoms with Gasteiger partial charge in [-0.3, -0.25) is 9.63 Å². The highest BCUT2D eigenvalue weighted by Gasteiger charge is 2.09. The van der Waals surface area contributed by atoms with E-state index in [1.165, 1.54) is 18.2 Å². The molecule has 0 aliphatic heterocycles. The number of carbonyl (C=O) groups excluding carboxylic acids is 1. The molecule has 7 nitrogen and oxygen atoms in total. The van der Waals surface area contributed by atoms with Crippen LogP contribution in [0, 0.1) is 5.21 Å². The highest BCUT2D eigenvalue weighted by Crippen LogP contribution is 2.06. The van der Waals surface area contributed by atoms with Crippen LogP contribution in [0.5, 0.6) is 0 Å². The summed E-state index contributed by atoms with van der Waals surface area (Å²) in [6.07, 6.45) is 0. The van der Waals surface area contributed by atoms with Gasteiger partial charge in [0.2, 0.25) is 0 Å². The third-order valence-electron chi connectivity index (χ3n) is 1.74. The fraction of sp³-hybridized carbons (Fsp3) is 0.111. The molecule has 0 amide bonds. The molecule has 0 spiro atoms. The lowest BCUT2D eigenvalue weighted by atomic mass is 10.1. The standard InChI is InChI=1S/C9H8NO6/c11-8(5-16-10(14)15)6-2-1-3-7(4-6)9(12)13/h1-4,14H,5H2,(H,12,13)/q-1. The van der Waals surface area contributed by atoms with Crippen LogP contribution in [0.2, 0.25) is 0 Å². The number of benzene rings is 1. The zero-order valence-electron chi connectivity index (χ0n) is 7.99. The van der Waals surface area contributed by atoms with E-state index in [1.807, 2.05) is 0 Å². The third-order valence-corrected chi connectivity index (χ3v) is 1.74. The second kappa shape index (κ2) is 5.33. The number of Topliss-reactive ketones (excluding diaryl/α,β-unsaturated/α-hetero) is 1. The van der Waals surface area contributed by atoms with Crippen LogP contribution in [-0.4, -0.2) is 34.1 Å². The Morgan fingerprint density at radius 1 is 1.38 bits per heavy atom. The quantitative estimate of drug-likeness (QED) is 0.561. The Kier molecular flexibility index (Phi) is 4.09. The van der Waals surface area contributed by atoms with Crippen molar-refractivity contribution in [3.8, 4) is 0 Å². The van der Waals surface area contributed by atoms with Gasteiger partial charge in [-0.05, 0) is 12.1 Å². The van der Waals surface area contributed by atoms with E-state index < -0.39 is 23.7 Å². The Bertz CT molecular complexity index is 403. The third kappa shape index (κ3) is 3.41. The molecule has 0 radical (unpaired) electrons. The number of hydrogen-bond acceptors (Lipinski definition) is 6. The average Bonchev–Trinajstić information content (AvgIpc) is 2.26. The van der Waals surface area contributed by atoms with Gasteiger partial charge in [0.05, 0.1) is 5.56 Å². The Morgan fingerprint density at radius 2 is 2.00 bits per heavy atom. The van der Waals surface area contributed by atoms with E-state index in [9.17, 15) is 14.8 Å². The fourth-order valence-electron chi connectivity index (χ4n) is 1.02. The molecule has 16 heavy (non-hydrogen) atoms. The first-order chi connectivity index (χ1) is 7.50. The minimum Gasteiger partial charge on any atom is -0.738 e. The van der Waals surface area contributed by atoms with Crippen LogP contribution in [-0.2, 0) is 4.84 Å². The SMILES string of the molecule is O=C(O)c1cccc(C(=O)CON([O-])O)c1. The molecular weight excluding hydrogens is 218 g/mol. The molecule has 0 atom stereocenters. The summed E-state index contributed by atoms with van der Waals surface area (Å²) in [6.45, 7) is -0.664. The molecule has 1 rings (SSSR count). The van der Waals surface area contributed by atoms with E-state index in [1.54, 1.807) is 0 Å². The molecule has 1 aromatic rings. The van der Waals surface area contributed by atoms with Gasteiger partial charge >= 0.3 is 5.97 Å². The van der Waals surface area contributed by atoms with Gasteiger partial charge in [-0.1, -0.05) is 12.1 Å². The van der Waals surface area contributed by atoms with Crippen LogP contribution in [0.25, 0.3) is 0 Å². The van der Waals surface area contributed by atoms with E-state index >= 15 is 0 Å². The van der Waals surface area contributed by atoms with Gasteiger partial charge in [0.1, 0.15) is 6.61 Å². The van der Waals surface area contributed by atoms with Crippen LogP contribution >= 0.6 is 0 Å². The summed E-state index contributed by atoms with van der Waals surface area (Å²) >= 11 is 0. The molecule has 0 aromatic heterocycles. The number of nitrogens with zero attached hydrogens (tertiary/aromatic N) is 1. The molecule has 0 heterocycles. The fourth-order valence-corrected chi connectivity index (χ4v) is 1.02. The smallest absolute Gasteiger partial charge is 0.335 e. The minimum atomic E-state index is -1.16. The molecule has 0 saturated heterocycles. The molecule has 86 valence electrons. The molecule has 0 unspecified atom stereocenters. The predicted octanol–water partition coefficient (Wildman–Crippen LogP) is 0.688. The molecule has 0 bridgehead atoms. The van der Waals surface area contributed by atoms with Gasteiger partial charge < -0.3 is 15.5 Å². The van der Waals surface area contributed by atoms with Crippen molar-refractivity contribution in [2.24, 2.45) is 0 Å². The summed E-state index contributed by atoms with van der Waals surface area (Å²) in [5.41, 5.74) is 0.0376. The predicted molar refractivity (Wildman–Crippen MR) is 50.7 cm³/mol. The molecule has 0 aliphatic rings. The van der Waals surface area contributed by atoms with Gasteiger partial charge in [0.25, 0.3) is 0 Å². The Morgan fingerprint density at radius 3 is 2.56 bits per heavy atom. The van der Waals surface area contributed by atoms with Crippen LogP contribution in [0.4, 0.5) is 0 Å². The van der Waals surface area contributed by atoms with Crippen LogP contribution in [0.1, 0.15) is 20.7 Å². The molecule has 0 aliphatic carbocycles. The summed E-state index contributed by atoms with van der Waals surface area (Å²) in [5, 5.41) is 25.9. The number of hydrogen-bond donors (Lipinski definition) is 2. The van der Waals surface area contributed by atoms with Gasteiger partial charge in [-0.15, -0.1) is 5.39 Å². The van der Waals surface area contributed by atoms with Crippen molar-refractivity contribution in [1.82, 2.24) is 5.39 Å². The Balaban J connectivity index is 2.76. The lowest BCUT2D eigenvalue weighted by Gasteiger charge is -2.17. The Labute approximate surface area is 90.0 Å². The number of carbonyl (C=O) groups is 2. The van der Waals surface area contributed by atoms with Gasteiger partial charge in [-0.2, -0.15) is 0 Å². The topological polar surface area (TPSA) is 110 Å². The Hall–Kier alpha value is -1.80. The normalized spacial score (nSPS) is 10.4. The van der Waals surface area contributed by atoms with Crippen molar-refractivity contribution >= 4 is 11.8 Å². The second-order valence-electron chi connectivity index (χ2n) is 2.82. The van der Waals surface area contributed by atoms with E-state index in [2.05, 4.69) is 4.84 Å². The zero-order chi connectivity index (χ0) is 12.1. The first kappa shape index (κ1) is 12.3. The molecule has 0 fully saturated rings. The summed E-state index contributed by atoms with van der Waals surface area (Å²) in [4.78, 5) is 25.9. The minimum absolute atomic E-state index is 0.0474. The highest BCUT2D eigenvalue weighted by molar-refractivity contribution is 5.99. The number of ketones is 1. The van der Waals surface area contributed by atoms with E-state index in [4.69, 9.17) is 10.3 Å². The van der Waals surface area contributed by atoms with E-state index in [0.29, 0.717) is 0 Å². The van der Waals surface area contributed by atoms with Gasteiger partial charge in [0, 0.05) is 5.56 Å². The van der Waals surface area contributed by atoms with Crippen LogP contribution in [0.3, 0.4) is 0 Å². The summed E-state index contributed by atoms with van der Waals surface area (Å²) < 4.78 is 0. The number of carboxylic acid groups (broad SMARTS) is 1. The molecular formula is C9H8NO6-. The van der Waals surface area contributed by atoms with Crippen molar-refractivity contribution in [3.05, 3.63) is 40.6 Å². The summed E-state index contributed by atoms with van der Waals surface area (Å²) in [5.74, 6) is -1.78. The highest BCUT2D eigenvalue weighted by atomic mass is 17.1. The molecule has 0 saturated carbocycles. The maximum atomic E-state index is 11.3. The number of carboxylic acids is 1. The van der Waals surface area contributed by atoms with E-state index in [0.717, 1.165) is 6.07 Å². The molecule has 1 aromatic carbocycles. The maximum Gasteiger partial charge on any atom is 0.335 e. The molecule has 2 N–H and O–H groups in total. The molecule has 7 heteroatoms. The van der Waals surface area contributed by atoms with Crippen LogP contribution in [0.15, 0.2) is 24.3 Å². The number of rotatable bonds is 5. The summed E-state index contributed by atoms with van der Waals surface area (Å²) in [6, 6.07) is 5.25. The van der Waals surface area contributed by atoms with Crippen molar-refractivity contribution in [1.29, 1.82) is 0 Å². The van der Waals surface area contributed by atoms with Crippen molar-refractivity contribution in [2.45, 2.75) is 0 Å². The maximum absolute atomic E-state index is 11.3. The van der Waals surface area contributed by atoms with Crippen molar-refractivity contribution < 1.29 is 24.7 Å². The van der Waals surface area contributed by atoms with Gasteiger partial charge in [-0.25, -0.2) is 4.79 Å². The van der Waals surface area contributed by atoms with Gasteiger partial charge in [0.15, 0.2) is 5.78 Å². The monoisotopic (exact) mass is 226 g/mol. The first-order valence-corrected chi connectivity index (χ1v) is 4.16. The van der Waals surface area contributed by atoms with Crippen molar-refractivity contribution in [2.75, 3.05) is 6.61 Å². The largest absolute Gasteiger partial charge is 0.738 e. The van der Waals surface area contributed by atoms with Crippen LogP contribution < -0.4 is 0 Å². The lowest BCUT2D eigenvalue weighted by molar-refractivity contribution is -0.298.